The van der Waals surface area contributed by atoms with E-state index in [1.807, 2.05) is 0 Å². The molecule has 0 aromatic carbocycles. The fourth-order valence-corrected chi connectivity index (χ4v) is 3.72. The molecule has 2 unspecified atom stereocenters. The van der Waals surface area contributed by atoms with Gasteiger partial charge in [-0.05, 0) is 57.8 Å². The van der Waals surface area contributed by atoms with E-state index in [0.717, 1.165) is 12.0 Å². The summed E-state index contributed by atoms with van der Waals surface area (Å²) in [6.07, 6.45) is 5.72. The standard InChI is InChI=1S/C13H25N3/c1-2-6-15(5-1)8-9-16-7-3-4-12-10-14-11-13(12)16/h12-14H,1-11H2. The maximum absolute atomic E-state index is 3.57. The number of nitrogens with one attached hydrogen (secondary N) is 1. The zero-order valence-electron chi connectivity index (χ0n) is 10.3. The largest absolute Gasteiger partial charge is 0.315 e. The van der Waals surface area contributed by atoms with Gasteiger partial charge in [-0.3, -0.25) is 4.90 Å². The molecule has 0 amide bonds. The molecule has 3 aliphatic heterocycles. The number of hydrogen-bond acceptors (Lipinski definition) is 3. The molecular weight excluding hydrogens is 198 g/mol. The Hall–Kier alpha value is -0.120. The second-order valence-electron chi connectivity index (χ2n) is 5.71. The Kier molecular flexibility index (Phi) is 3.46. The van der Waals surface area contributed by atoms with Crippen LogP contribution in [0.5, 0.6) is 0 Å². The number of likely N-dealkylation sites (tertiary alicyclic amines) is 2. The lowest BCUT2D eigenvalue weighted by atomic mass is 9.92. The lowest BCUT2D eigenvalue weighted by molar-refractivity contribution is 0.112. The number of piperidine rings is 1. The van der Waals surface area contributed by atoms with Crippen molar-refractivity contribution in [2.24, 2.45) is 5.92 Å². The van der Waals surface area contributed by atoms with E-state index in [9.17, 15) is 0 Å². The molecule has 0 radical (unpaired) electrons. The van der Waals surface area contributed by atoms with Gasteiger partial charge < -0.3 is 10.2 Å². The lowest BCUT2D eigenvalue weighted by Crippen LogP contribution is -2.47. The van der Waals surface area contributed by atoms with Crippen LogP contribution in [0.3, 0.4) is 0 Å². The Morgan fingerprint density at radius 2 is 1.81 bits per heavy atom. The van der Waals surface area contributed by atoms with E-state index >= 15 is 0 Å². The van der Waals surface area contributed by atoms with E-state index < -0.39 is 0 Å². The summed E-state index contributed by atoms with van der Waals surface area (Å²) in [5.41, 5.74) is 0. The van der Waals surface area contributed by atoms with E-state index in [1.54, 1.807) is 0 Å². The summed E-state index contributed by atoms with van der Waals surface area (Å²) in [7, 11) is 0. The van der Waals surface area contributed by atoms with Crippen LogP contribution in [0.15, 0.2) is 0 Å². The monoisotopic (exact) mass is 223 g/mol. The van der Waals surface area contributed by atoms with Gasteiger partial charge in [-0.25, -0.2) is 0 Å². The molecule has 0 saturated carbocycles. The van der Waals surface area contributed by atoms with Gasteiger partial charge in [-0.15, -0.1) is 0 Å². The van der Waals surface area contributed by atoms with E-state index in [4.69, 9.17) is 0 Å². The van der Waals surface area contributed by atoms with Crippen molar-refractivity contribution in [3.8, 4) is 0 Å². The Morgan fingerprint density at radius 3 is 2.69 bits per heavy atom. The molecule has 16 heavy (non-hydrogen) atoms. The summed E-state index contributed by atoms with van der Waals surface area (Å²) in [5.74, 6) is 0.951. The molecule has 0 aromatic heterocycles. The molecule has 92 valence electrons. The van der Waals surface area contributed by atoms with Crippen LogP contribution in [-0.2, 0) is 0 Å². The molecular formula is C13H25N3. The Morgan fingerprint density at radius 1 is 0.938 bits per heavy atom. The second-order valence-corrected chi connectivity index (χ2v) is 5.71. The summed E-state index contributed by atoms with van der Waals surface area (Å²) in [4.78, 5) is 5.40. The molecule has 0 aromatic rings. The van der Waals surface area contributed by atoms with Crippen LogP contribution < -0.4 is 5.32 Å². The third kappa shape index (κ3) is 2.27. The molecule has 3 rings (SSSR count). The SMILES string of the molecule is C1CCN(CCN2CCCC3CNCC32)C1. The minimum atomic E-state index is 0.858. The number of hydrogen-bond donors (Lipinski definition) is 1. The van der Waals surface area contributed by atoms with Crippen molar-refractivity contribution in [2.75, 3.05) is 45.8 Å². The zero-order chi connectivity index (χ0) is 10.8. The summed E-state index contributed by atoms with van der Waals surface area (Å²) in [6.45, 7) is 9.17. The molecule has 3 saturated heterocycles. The number of fused-ring (bicyclic) bond motifs is 1. The minimum Gasteiger partial charge on any atom is -0.315 e. The van der Waals surface area contributed by atoms with Crippen LogP contribution in [0.4, 0.5) is 0 Å². The Balaban J connectivity index is 1.49. The molecule has 0 spiro atoms. The van der Waals surface area contributed by atoms with Crippen LogP contribution in [-0.4, -0.2) is 61.7 Å². The third-order valence-electron chi connectivity index (χ3n) is 4.70. The molecule has 3 nitrogen and oxygen atoms in total. The average Bonchev–Trinajstić information content (AvgIpc) is 2.97. The lowest BCUT2D eigenvalue weighted by Gasteiger charge is -2.37. The molecule has 3 aliphatic rings. The summed E-state index contributed by atoms with van der Waals surface area (Å²) >= 11 is 0. The zero-order valence-corrected chi connectivity index (χ0v) is 10.3. The van der Waals surface area contributed by atoms with Gasteiger partial charge in [-0.1, -0.05) is 0 Å². The van der Waals surface area contributed by atoms with Crippen molar-refractivity contribution in [2.45, 2.75) is 31.7 Å². The first kappa shape index (κ1) is 11.0. The van der Waals surface area contributed by atoms with Gasteiger partial charge in [0.1, 0.15) is 0 Å². The van der Waals surface area contributed by atoms with Gasteiger partial charge >= 0.3 is 0 Å². The van der Waals surface area contributed by atoms with Crippen LogP contribution >= 0.6 is 0 Å². The van der Waals surface area contributed by atoms with Crippen molar-refractivity contribution in [3.05, 3.63) is 0 Å². The van der Waals surface area contributed by atoms with Crippen molar-refractivity contribution >= 4 is 0 Å². The van der Waals surface area contributed by atoms with Gasteiger partial charge in [0.05, 0.1) is 0 Å². The number of rotatable bonds is 3. The molecule has 1 N–H and O–H groups in total. The van der Waals surface area contributed by atoms with Gasteiger partial charge in [0.2, 0.25) is 0 Å². The smallest absolute Gasteiger partial charge is 0.0261 e. The fourth-order valence-electron chi connectivity index (χ4n) is 3.72. The van der Waals surface area contributed by atoms with Crippen molar-refractivity contribution in [1.82, 2.24) is 15.1 Å². The summed E-state index contributed by atoms with van der Waals surface area (Å²) < 4.78 is 0. The quantitative estimate of drug-likeness (QED) is 0.762. The van der Waals surface area contributed by atoms with Crippen molar-refractivity contribution in [3.63, 3.8) is 0 Å². The maximum Gasteiger partial charge on any atom is 0.0261 e. The topological polar surface area (TPSA) is 18.5 Å². The fraction of sp³-hybridized carbons (Fsp3) is 1.00. The highest BCUT2D eigenvalue weighted by atomic mass is 15.2. The Bertz CT molecular complexity index is 225. The first-order valence-corrected chi connectivity index (χ1v) is 7.10. The molecule has 3 heterocycles. The highest BCUT2D eigenvalue weighted by molar-refractivity contribution is 4.92. The minimum absolute atomic E-state index is 0.858. The van der Waals surface area contributed by atoms with Gasteiger partial charge in [0, 0.05) is 25.7 Å². The van der Waals surface area contributed by atoms with E-state index in [0.29, 0.717) is 0 Å². The van der Waals surface area contributed by atoms with E-state index in [1.165, 1.54) is 71.5 Å². The summed E-state index contributed by atoms with van der Waals surface area (Å²) in [5, 5.41) is 3.57. The van der Waals surface area contributed by atoms with Crippen LogP contribution in [0.1, 0.15) is 25.7 Å². The first-order valence-electron chi connectivity index (χ1n) is 7.10. The van der Waals surface area contributed by atoms with Crippen molar-refractivity contribution in [1.29, 1.82) is 0 Å². The number of nitrogens with zero attached hydrogens (tertiary/aromatic N) is 2. The maximum atomic E-state index is 3.57. The first-order chi connectivity index (χ1) is 7.93. The van der Waals surface area contributed by atoms with Crippen LogP contribution in [0, 0.1) is 5.92 Å². The van der Waals surface area contributed by atoms with Crippen LogP contribution in [0.25, 0.3) is 0 Å². The Labute approximate surface area is 99.2 Å². The van der Waals surface area contributed by atoms with Crippen LogP contribution in [0.2, 0.25) is 0 Å². The average molecular weight is 223 g/mol. The highest BCUT2D eigenvalue weighted by Gasteiger charge is 2.34. The highest BCUT2D eigenvalue weighted by Crippen LogP contribution is 2.26. The van der Waals surface area contributed by atoms with E-state index in [-0.39, 0.29) is 0 Å². The summed E-state index contributed by atoms with van der Waals surface area (Å²) in [6, 6.07) is 0.858. The van der Waals surface area contributed by atoms with Gasteiger partial charge in [0.25, 0.3) is 0 Å². The third-order valence-corrected chi connectivity index (χ3v) is 4.70. The molecule has 3 heteroatoms. The predicted molar refractivity (Wildman–Crippen MR) is 66.6 cm³/mol. The second kappa shape index (κ2) is 5.03. The van der Waals surface area contributed by atoms with E-state index in [2.05, 4.69) is 15.1 Å². The normalized spacial score (nSPS) is 36.8. The molecule has 0 bridgehead atoms. The molecule has 0 aliphatic carbocycles. The van der Waals surface area contributed by atoms with Crippen molar-refractivity contribution < 1.29 is 0 Å². The van der Waals surface area contributed by atoms with Gasteiger partial charge in [-0.2, -0.15) is 0 Å². The molecule has 2 atom stereocenters. The van der Waals surface area contributed by atoms with Gasteiger partial charge in [0.15, 0.2) is 0 Å². The molecule has 3 fully saturated rings. The predicted octanol–water partition coefficient (Wildman–Crippen LogP) is 0.766.